The average Bonchev–Trinajstić information content (AvgIpc) is 2.18. The minimum Gasteiger partial charge on any atom is -0.367 e. The number of benzene rings is 1. The zero-order valence-electron chi connectivity index (χ0n) is 9.26. The maximum Gasteiger partial charge on any atom is 0.149 e. The largest absolute Gasteiger partial charge is 0.367 e. The quantitative estimate of drug-likeness (QED) is 0.722. The third-order valence-corrected chi connectivity index (χ3v) is 2.24. The van der Waals surface area contributed by atoms with Gasteiger partial charge >= 0.3 is 0 Å². The van der Waals surface area contributed by atoms with Gasteiger partial charge in [0, 0.05) is 13.1 Å². The number of hydrogen-bond donors (Lipinski definition) is 0. The van der Waals surface area contributed by atoms with E-state index in [2.05, 4.69) is 0 Å². The second-order valence-corrected chi connectivity index (χ2v) is 3.56. The smallest absolute Gasteiger partial charge is 0.149 e. The number of nitrogens with zero attached hydrogens (tertiary/aromatic N) is 1. The molecule has 0 aliphatic carbocycles. The Kier molecular flexibility index (Phi) is 4.53. The van der Waals surface area contributed by atoms with Gasteiger partial charge in [-0.05, 0) is 25.0 Å². The van der Waals surface area contributed by atoms with Gasteiger partial charge in [0.15, 0.2) is 0 Å². The van der Waals surface area contributed by atoms with Crippen LogP contribution in [-0.4, -0.2) is 13.1 Å². The molecule has 0 radical (unpaired) electrons. The van der Waals surface area contributed by atoms with Gasteiger partial charge in [0.25, 0.3) is 0 Å². The third kappa shape index (κ3) is 2.91. The minimum absolute atomic E-state index is 0.112. The van der Waals surface area contributed by atoms with E-state index < -0.39 is 11.6 Å². The lowest BCUT2D eigenvalue weighted by Crippen LogP contribution is -2.26. The molecule has 0 atom stereocenters. The monoisotopic (exact) mass is 213 g/mol. The predicted octanol–water partition coefficient (Wildman–Crippen LogP) is 3.59. The number of anilines is 1. The van der Waals surface area contributed by atoms with Gasteiger partial charge < -0.3 is 4.90 Å². The molecule has 0 aliphatic heterocycles. The molecule has 0 aliphatic rings. The molecule has 15 heavy (non-hydrogen) atoms. The molecule has 1 aromatic rings. The van der Waals surface area contributed by atoms with Crippen LogP contribution >= 0.6 is 0 Å². The molecule has 84 valence electrons. The zero-order chi connectivity index (χ0) is 11.3. The highest BCUT2D eigenvalue weighted by molar-refractivity contribution is 5.48. The highest BCUT2D eigenvalue weighted by Gasteiger charge is 2.14. The second kappa shape index (κ2) is 5.69. The molecule has 1 aromatic carbocycles. The van der Waals surface area contributed by atoms with Crippen LogP contribution in [0.1, 0.15) is 26.7 Å². The van der Waals surface area contributed by atoms with Crippen LogP contribution in [0.5, 0.6) is 0 Å². The Morgan fingerprint density at radius 2 is 1.47 bits per heavy atom. The lowest BCUT2D eigenvalue weighted by Gasteiger charge is -2.24. The molecule has 3 heteroatoms. The fraction of sp³-hybridized carbons (Fsp3) is 0.500. The SMILES string of the molecule is CCCN(CCC)c1c(F)cccc1F. The van der Waals surface area contributed by atoms with E-state index in [4.69, 9.17) is 0 Å². The van der Waals surface area contributed by atoms with Crippen LogP contribution in [0.4, 0.5) is 14.5 Å². The van der Waals surface area contributed by atoms with E-state index in [0.29, 0.717) is 13.1 Å². The van der Waals surface area contributed by atoms with E-state index in [1.54, 1.807) is 4.90 Å². The van der Waals surface area contributed by atoms with Gasteiger partial charge in [-0.1, -0.05) is 19.9 Å². The van der Waals surface area contributed by atoms with Gasteiger partial charge in [-0.2, -0.15) is 0 Å². The molecular weight excluding hydrogens is 196 g/mol. The molecular formula is C12H17F2N. The topological polar surface area (TPSA) is 3.24 Å². The van der Waals surface area contributed by atoms with Crippen molar-refractivity contribution >= 4 is 5.69 Å². The van der Waals surface area contributed by atoms with E-state index in [1.807, 2.05) is 13.8 Å². The van der Waals surface area contributed by atoms with Crippen molar-refractivity contribution in [2.24, 2.45) is 0 Å². The van der Waals surface area contributed by atoms with E-state index in [-0.39, 0.29) is 5.69 Å². The summed E-state index contributed by atoms with van der Waals surface area (Å²) in [5.41, 5.74) is 0.112. The van der Waals surface area contributed by atoms with Crippen LogP contribution < -0.4 is 4.90 Å². The van der Waals surface area contributed by atoms with Crippen LogP contribution in [0.2, 0.25) is 0 Å². The third-order valence-electron chi connectivity index (χ3n) is 2.24. The van der Waals surface area contributed by atoms with E-state index in [0.717, 1.165) is 12.8 Å². The van der Waals surface area contributed by atoms with Crippen molar-refractivity contribution in [2.45, 2.75) is 26.7 Å². The Labute approximate surface area is 89.7 Å². The van der Waals surface area contributed by atoms with Crippen molar-refractivity contribution in [2.75, 3.05) is 18.0 Å². The molecule has 0 saturated heterocycles. The fourth-order valence-corrected chi connectivity index (χ4v) is 1.67. The number of para-hydroxylation sites is 1. The molecule has 0 N–H and O–H groups in total. The summed E-state index contributed by atoms with van der Waals surface area (Å²) in [6.45, 7) is 5.38. The summed E-state index contributed by atoms with van der Waals surface area (Å²) in [6, 6.07) is 4.00. The van der Waals surface area contributed by atoms with Crippen molar-refractivity contribution in [1.82, 2.24) is 0 Å². The Morgan fingerprint density at radius 1 is 1.00 bits per heavy atom. The Bertz CT molecular complexity index is 286. The zero-order valence-corrected chi connectivity index (χ0v) is 9.26. The summed E-state index contributed by atoms with van der Waals surface area (Å²) in [4.78, 5) is 1.77. The summed E-state index contributed by atoms with van der Waals surface area (Å²) in [5.74, 6) is -0.950. The number of halogens is 2. The molecule has 0 aromatic heterocycles. The molecule has 0 unspecified atom stereocenters. The maximum absolute atomic E-state index is 13.5. The molecule has 0 fully saturated rings. The maximum atomic E-state index is 13.5. The Balaban J connectivity index is 2.98. The second-order valence-electron chi connectivity index (χ2n) is 3.56. The highest BCUT2D eigenvalue weighted by atomic mass is 19.1. The molecule has 0 amide bonds. The standard InChI is InChI=1S/C12H17F2N/c1-3-8-15(9-4-2)12-10(13)6-5-7-11(12)14/h5-7H,3-4,8-9H2,1-2H3. The first-order valence-corrected chi connectivity index (χ1v) is 5.39. The van der Waals surface area contributed by atoms with Gasteiger partial charge in [-0.25, -0.2) is 8.78 Å². The van der Waals surface area contributed by atoms with E-state index >= 15 is 0 Å². The van der Waals surface area contributed by atoms with Gasteiger partial charge in [-0.3, -0.25) is 0 Å². The minimum atomic E-state index is -0.475. The van der Waals surface area contributed by atoms with Gasteiger partial charge in [-0.15, -0.1) is 0 Å². The molecule has 1 rings (SSSR count). The lowest BCUT2D eigenvalue weighted by molar-refractivity contribution is 0.567. The van der Waals surface area contributed by atoms with E-state index in [9.17, 15) is 8.78 Å². The Morgan fingerprint density at radius 3 is 1.87 bits per heavy atom. The Hall–Kier alpha value is -1.12. The van der Waals surface area contributed by atoms with Crippen LogP contribution in [-0.2, 0) is 0 Å². The van der Waals surface area contributed by atoms with Crippen molar-refractivity contribution in [3.8, 4) is 0 Å². The van der Waals surface area contributed by atoms with Gasteiger partial charge in [0.2, 0.25) is 0 Å². The average molecular weight is 213 g/mol. The molecule has 1 nitrogen and oxygen atoms in total. The molecule has 0 bridgehead atoms. The van der Waals surface area contributed by atoms with Crippen molar-refractivity contribution in [3.63, 3.8) is 0 Å². The first-order valence-electron chi connectivity index (χ1n) is 5.39. The van der Waals surface area contributed by atoms with Gasteiger partial charge in [0.1, 0.15) is 17.3 Å². The number of rotatable bonds is 5. The predicted molar refractivity (Wildman–Crippen MR) is 59.2 cm³/mol. The van der Waals surface area contributed by atoms with Gasteiger partial charge in [0.05, 0.1) is 0 Å². The van der Waals surface area contributed by atoms with Crippen LogP contribution in [0, 0.1) is 11.6 Å². The summed E-state index contributed by atoms with van der Waals surface area (Å²) in [7, 11) is 0. The lowest BCUT2D eigenvalue weighted by atomic mass is 10.2. The van der Waals surface area contributed by atoms with E-state index in [1.165, 1.54) is 18.2 Å². The first kappa shape index (κ1) is 12.0. The summed E-state index contributed by atoms with van der Waals surface area (Å²) in [5, 5.41) is 0. The highest BCUT2D eigenvalue weighted by Crippen LogP contribution is 2.23. The van der Waals surface area contributed by atoms with Crippen LogP contribution in [0.3, 0.4) is 0 Å². The summed E-state index contributed by atoms with van der Waals surface area (Å²) < 4.78 is 26.9. The fourth-order valence-electron chi connectivity index (χ4n) is 1.67. The normalized spacial score (nSPS) is 10.4. The molecule has 0 saturated carbocycles. The van der Waals surface area contributed by atoms with Crippen molar-refractivity contribution in [1.29, 1.82) is 0 Å². The first-order chi connectivity index (χ1) is 7.20. The summed E-state index contributed by atoms with van der Waals surface area (Å²) in [6.07, 6.45) is 1.77. The molecule has 0 heterocycles. The van der Waals surface area contributed by atoms with Crippen LogP contribution in [0.25, 0.3) is 0 Å². The van der Waals surface area contributed by atoms with Crippen LogP contribution in [0.15, 0.2) is 18.2 Å². The summed E-state index contributed by atoms with van der Waals surface area (Å²) >= 11 is 0. The molecule has 0 spiro atoms. The van der Waals surface area contributed by atoms with Crippen molar-refractivity contribution < 1.29 is 8.78 Å². The number of hydrogen-bond acceptors (Lipinski definition) is 1. The van der Waals surface area contributed by atoms with Crippen molar-refractivity contribution in [3.05, 3.63) is 29.8 Å².